The van der Waals surface area contributed by atoms with E-state index in [2.05, 4.69) is 25.9 Å². The van der Waals surface area contributed by atoms with Crippen LogP contribution in [0.3, 0.4) is 0 Å². The summed E-state index contributed by atoms with van der Waals surface area (Å²) in [6.07, 6.45) is 2.64. The summed E-state index contributed by atoms with van der Waals surface area (Å²) < 4.78 is 0. The summed E-state index contributed by atoms with van der Waals surface area (Å²) in [5, 5.41) is 9.33. The standard InChI is InChI=1S/C19H25N5O.HI/c1-3-20-19(23-14-18-6-4-5-12-21-18)22-13-11-16-7-9-17(10-8-16)24-15(2)25;/h4-10,12H,3,11,13-14H2,1-2H3,(H,24,25)(H2,20,22,23);1H. The van der Waals surface area contributed by atoms with E-state index in [-0.39, 0.29) is 29.9 Å². The summed E-state index contributed by atoms with van der Waals surface area (Å²) in [5.41, 5.74) is 2.95. The molecule has 0 radical (unpaired) electrons. The zero-order chi connectivity index (χ0) is 17.9. The van der Waals surface area contributed by atoms with Crippen LogP contribution in [0.25, 0.3) is 0 Å². The number of guanidine groups is 1. The van der Waals surface area contributed by atoms with E-state index in [9.17, 15) is 4.79 Å². The van der Waals surface area contributed by atoms with Crippen molar-refractivity contribution in [2.24, 2.45) is 4.99 Å². The molecule has 0 aliphatic rings. The molecule has 140 valence electrons. The fraction of sp³-hybridized carbons (Fsp3) is 0.316. The lowest BCUT2D eigenvalue weighted by Crippen LogP contribution is -2.38. The van der Waals surface area contributed by atoms with Crippen LogP contribution < -0.4 is 16.0 Å². The number of nitrogens with one attached hydrogen (secondary N) is 3. The summed E-state index contributed by atoms with van der Waals surface area (Å²) in [6.45, 7) is 5.66. The number of benzene rings is 1. The highest BCUT2D eigenvalue weighted by molar-refractivity contribution is 14.0. The maximum atomic E-state index is 11.0. The maximum absolute atomic E-state index is 11.0. The van der Waals surface area contributed by atoms with Gasteiger partial charge in [-0.3, -0.25) is 9.78 Å². The van der Waals surface area contributed by atoms with Gasteiger partial charge in [-0.15, -0.1) is 24.0 Å². The normalized spacial score (nSPS) is 10.6. The lowest BCUT2D eigenvalue weighted by atomic mass is 10.1. The van der Waals surface area contributed by atoms with Crippen molar-refractivity contribution >= 4 is 41.5 Å². The molecule has 0 saturated heterocycles. The molecule has 1 aromatic heterocycles. The Morgan fingerprint density at radius 1 is 1.12 bits per heavy atom. The minimum atomic E-state index is -0.0613. The predicted molar refractivity (Wildman–Crippen MR) is 117 cm³/mol. The molecule has 0 bridgehead atoms. The van der Waals surface area contributed by atoms with Crippen LogP contribution in [0.1, 0.15) is 25.1 Å². The van der Waals surface area contributed by atoms with Crippen LogP contribution in [-0.4, -0.2) is 29.9 Å². The first-order valence-corrected chi connectivity index (χ1v) is 8.46. The smallest absolute Gasteiger partial charge is 0.221 e. The molecule has 2 aromatic rings. The number of pyridine rings is 1. The van der Waals surface area contributed by atoms with E-state index in [1.165, 1.54) is 12.5 Å². The topological polar surface area (TPSA) is 78.4 Å². The minimum absolute atomic E-state index is 0. The van der Waals surface area contributed by atoms with Gasteiger partial charge >= 0.3 is 0 Å². The molecule has 0 aliphatic heterocycles. The second kappa shape index (κ2) is 12.2. The first kappa shape index (κ1) is 21.9. The monoisotopic (exact) mass is 467 g/mol. The molecule has 0 unspecified atom stereocenters. The van der Waals surface area contributed by atoms with Gasteiger partial charge in [0.1, 0.15) is 0 Å². The largest absolute Gasteiger partial charge is 0.357 e. The highest BCUT2D eigenvalue weighted by Crippen LogP contribution is 2.09. The molecule has 0 fully saturated rings. The molecule has 6 nitrogen and oxygen atoms in total. The molecular weight excluding hydrogens is 441 g/mol. The lowest BCUT2D eigenvalue weighted by Gasteiger charge is -2.11. The molecule has 0 spiro atoms. The molecule has 1 amide bonds. The zero-order valence-electron chi connectivity index (χ0n) is 15.2. The van der Waals surface area contributed by atoms with Gasteiger partial charge < -0.3 is 16.0 Å². The zero-order valence-corrected chi connectivity index (χ0v) is 17.5. The molecule has 0 aliphatic carbocycles. The fourth-order valence-corrected chi connectivity index (χ4v) is 2.28. The molecule has 26 heavy (non-hydrogen) atoms. The van der Waals surface area contributed by atoms with Crippen LogP contribution in [0.2, 0.25) is 0 Å². The number of amides is 1. The summed E-state index contributed by atoms with van der Waals surface area (Å²) in [4.78, 5) is 19.8. The number of hydrogen-bond acceptors (Lipinski definition) is 3. The van der Waals surface area contributed by atoms with Crippen molar-refractivity contribution in [3.63, 3.8) is 0 Å². The fourth-order valence-electron chi connectivity index (χ4n) is 2.28. The van der Waals surface area contributed by atoms with Crippen LogP contribution in [0.5, 0.6) is 0 Å². The maximum Gasteiger partial charge on any atom is 0.221 e. The van der Waals surface area contributed by atoms with Crippen LogP contribution in [0.15, 0.2) is 53.7 Å². The Bertz CT molecular complexity index is 689. The molecular formula is C19H26IN5O. The highest BCUT2D eigenvalue weighted by Gasteiger charge is 2.00. The number of rotatable bonds is 7. The van der Waals surface area contributed by atoms with E-state index in [1.807, 2.05) is 49.4 Å². The molecule has 3 N–H and O–H groups in total. The Labute approximate surface area is 171 Å². The summed E-state index contributed by atoms with van der Waals surface area (Å²) in [5.74, 6) is 0.719. The van der Waals surface area contributed by atoms with Crippen molar-refractivity contribution in [1.29, 1.82) is 0 Å². The molecule has 0 atom stereocenters. The number of hydrogen-bond donors (Lipinski definition) is 3. The molecule has 1 heterocycles. The van der Waals surface area contributed by atoms with Gasteiger partial charge in [-0.2, -0.15) is 0 Å². The van der Waals surface area contributed by atoms with Crippen molar-refractivity contribution in [3.8, 4) is 0 Å². The number of aromatic nitrogens is 1. The van der Waals surface area contributed by atoms with Crippen LogP contribution in [-0.2, 0) is 17.8 Å². The van der Waals surface area contributed by atoms with E-state index in [1.54, 1.807) is 6.20 Å². The van der Waals surface area contributed by atoms with Gasteiger partial charge in [0.05, 0.1) is 12.2 Å². The van der Waals surface area contributed by atoms with Crippen molar-refractivity contribution in [2.45, 2.75) is 26.8 Å². The Morgan fingerprint density at radius 3 is 2.50 bits per heavy atom. The molecule has 2 rings (SSSR count). The SMILES string of the molecule is CCNC(=NCc1ccccn1)NCCc1ccc(NC(C)=O)cc1.I. The Morgan fingerprint density at radius 2 is 1.88 bits per heavy atom. The molecule has 0 saturated carbocycles. The summed E-state index contributed by atoms with van der Waals surface area (Å²) >= 11 is 0. The number of anilines is 1. The minimum Gasteiger partial charge on any atom is -0.357 e. The third kappa shape index (κ3) is 8.28. The highest BCUT2D eigenvalue weighted by atomic mass is 127. The first-order valence-electron chi connectivity index (χ1n) is 8.46. The Kier molecular flexibility index (Phi) is 10.3. The van der Waals surface area contributed by atoms with E-state index >= 15 is 0 Å². The van der Waals surface area contributed by atoms with Gasteiger partial charge in [-0.25, -0.2) is 4.99 Å². The lowest BCUT2D eigenvalue weighted by molar-refractivity contribution is -0.114. The van der Waals surface area contributed by atoms with Gasteiger partial charge in [0.15, 0.2) is 5.96 Å². The van der Waals surface area contributed by atoms with Crippen molar-refractivity contribution in [2.75, 3.05) is 18.4 Å². The van der Waals surface area contributed by atoms with Crippen LogP contribution >= 0.6 is 24.0 Å². The number of aliphatic imine (C=N–C) groups is 1. The van der Waals surface area contributed by atoms with Crippen molar-refractivity contribution in [1.82, 2.24) is 15.6 Å². The number of carbonyl (C=O) groups excluding carboxylic acids is 1. The predicted octanol–water partition coefficient (Wildman–Crippen LogP) is 2.96. The summed E-state index contributed by atoms with van der Waals surface area (Å²) in [7, 11) is 0. The van der Waals surface area contributed by atoms with Crippen molar-refractivity contribution in [3.05, 3.63) is 59.9 Å². The van der Waals surface area contributed by atoms with Gasteiger partial charge in [0.25, 0.3) is 0 Å². The van der Waals surface area contributed by atoms with Gasteiger partial charge in [-0.05, 0) is 43.2 Å². The average molecular weight is 467 g/mol. The van der Waals surface area contributed by atoms with E-state index in [0.717, 1.165) is 36.9 Å². The van der Waals surface area contributed by atoms with E-state index < -0.39 is 0 Å². The molecule has 7 heteroatoms. The second-order valence-corrected chi connectivity index (χ2v) is 5.57. The van der Waals surface area contributed by atoms with Crippen LogP contribution in [0.4, 0.5) is 5.69 Å². The third-order valence-corrected chi connectivity index (χ3v) is 3.45. The Balaban J connectivity index is 0.00000338. The van der Waals surface area contributed by atoms with Crippen molar-refractivity contribution < 1.29 is 4.79 Å². The number of carbonyl (C=O) groups is 1. The van der Waals surface area contributed by atoms with Gasteiger partial charge in [-0.1, -0.05) is 18.2 Å². The molecule has 1 aromatic carbocycles. The van der Waals surface area contributed by atoms with E-state index in [0.29, 0.717) is 6.54 Å². The average Bonchev–Trinajstić information content (AvgIpc) is 2.61. The van der Waals surface area contributed by atoms with Gasteiger partial charge in [0.2, 0.25) is 5.91 Å². The number of nitrogens with zero attached hydrogens (tertiary/aromatic N) is 2. The Hall–Kier alpha value is -2.16. The third-order valence-electron chi connectivity index (χ3n) is 3.45. The first-order chi connectivity index (χ1) is 12.2. The van der Waals surface area contributed by atoms with Crippen LogP contribution in [0, 0.1) is 0 Å². The quantitative estimate of drug-likeness (QED) is 0.333. The second-order valence-electron chi connectivity index (χ2n) is 5.57. The van der Waals surface area contributed by atoms with E-state index in [4.69, 9.17) is 0 Å². The van der Waals surface area contributed by atoms with Gasteiger partial charge in [0, 0.05) is 31.9 Å². The summed E-state index contributed by atoms with van der Waals surface area (Å²) in [6, 6.07) is 13.7. The number of halogens is 1.